The van der Waals surface area contributed by atoms with E-state index in [-0.39, 0.29) is 0 Å². The normalized spacial score (nSPS) is 19.2. The van der Waals surface area contributed by atoms with E-state index in [2.05, 4.69) is 52.1 Å². The molecule has 1 saturated heterocycles. The summed E-state index contributed by atoms with van der Waals surface area (Å²) >= 11 is 0. The van der Waals surface area contributed by atoms with E-state index in [1.807, 2.05) is 12.3 Å². The molecule has 0 unspecified atom stereocenters. The molecular formula is C18H22N4O. The van der Waals surface area contributed by atoms with Crippen LogP contribution in [0.1, 0.15) is 43.5 Å². The zero-order valence-electron chi connectivity index (χ0n) is 13.6. The van der Waals surface area contributed by atoms with Crippen LogP contribution >= 0.6 is 0 Å². The monoisotopic (exact) mass is 310 g/mol. The second-order valence-corrected chi connectivity index (χ2v) is 6.64. The third kappa shape index (κ3) is 2.77. The molecule has 1 atom stereocenters. The Morgan fingerprint density at radius 2 is 2.17 bits per heavy atom. The first-order valence-electron chi connectivity index (χ1n) is 8.32. The molecule has 1 aromatic carbocycles. The molecule has 23 heavy (non-hydrogen) atoms. The third-order valence-corrected chi connectivity index (χ3v) is 4.80. The summed E-state index contributed by atoms with van der Waals surface area (Å²) in [5.74, 6) is 1.87. The second-order valence-electron chi connectivity index (χ2n) is 6.64. The Morgan fingerprint density at radius 1 is 1.30 bits per heavy atom. The largest absolute Gasteiger partial charge is 0.425 e. The lowest BCUT2D eigenvalue weighted by molar-refractivity contribution is 0.268. The Kier molecular flexibility index (Phi) is 3.65. The molecule has 1 N–H and O–H groups in total. The van der Waals surface area contributed by atoms with E-state index in [4.69, 9.17) is 4.42 Å². The molecule has 5 heteroatoms. The van der Waals surface area contributed by atoms with Crippen molar-refractivity contribution in [2.45, 2.75) is 38.6 Å². The van der Waals surface area contributed by atoms with Gasteiger partial charge in [-0.2, -0.15) is 0 Å². The maximum atomic E-state index is 5.96. The molecular weight excluding hydrogens is 288 g/mol. The number of benzene rings is 1. The zero-order chi connectivity index (χ0) is 15.8. The van der Waals surface area contributed by atoms with Gasteiger partial charge < -0.3 is 14.3 Å². The van der Waals surface area contributed by atoms with E-state index < -0.39 is 0 Å². The van der Waals surface area contributed by atoms with Crippen LogP contribution in [0, 0.1) is 0 Å². The number of para-hydroxylation sites is 1. The van der Waals surface area contributed by atoms with Crippen LogP contribution in [-0.2, 0) is 6.42 Å². The molecule has 1 aliphatic rings. The van der Waals surface area contributed by atoms with Gasteiger partial charge >= 0.3 is 0 Å². The van der Waals surface area contributed by atoms with Gasteiger partial charge in [0.1, 0.15) is 0 Å². The summed E-state index contributed by atoms with van der Waals surface area (Å²) in [5, 5.41) is 9.78. The highest BCUT2D eigenvalue weighted by Gasteiger charge is 2.29. The van der Waals surface area contributed by atoms with Gasteiger partial charge in [0.2, 0.25) is 11.8 Å². The summed E-state index contributed by atoms with van der Waals surface area (Å²) in [7, 11) is 0. The lowest BCUT2D eigenvalue weighted by Gasteiger charge is -2.19. The van der Waals surface area contributed by atoms with E-state index in [0.717, 1.165) is 30.9 Å². The number of nitrogens with one attached hydrogen (secondary N) is 1. The summed E-state index contributed by atoms with van der Waals surface area (Å²) < 4.78 is 5.96. The second kappa shape index (κ2) is 5.81. The van der Waals surface area contributed by atoms with Gasteiger partial charge in [-0.3, -0.25) is 0 Å². The van der Waals surface area contributed by atoms with Crippen LogP contribution in [0.3, 0.4) is 0 Å². The molecule has 0 radical (unpaired) electrons. The first-order chi connectivity index (χ1) is 11.2. The van der Waals surface area contributed by atoms with E-state index in [1.54, 1.807) is 0 Å². The summed E-state index contributed by atoms with van der Waals surface area (Å²) in [6, 6.07) is 8.87. The molecule has 0 aliphatic carbocycles. The van der Waals surface area contributed by atoms with Crippen LogP contribution in [0.25, 0.3) is 10.9 Å². The fraction of sp³-hybridized carbons (Fsp3) is 0.444. The Labute approximate surface area is 135 Å². The first-order valence-corrected chi connectivity index (χ1v) is 8.32. The lowest BCUT2D eigenvalue weighted by Crippen LogP contribution is -2.27. The van der Waals surface area contributed by atoms with Gasteiger partial charge in [-0.15, -0.1) is 10.2 Å². The van der Waals surface area contributed by atoms with Gasteiger partial charge in [-0.25, -0.2) is 0 Å². The van der Waals surface area contributed by atoms with Crippen LogP contribution in [0.4, 0.5) is 0 Å². The summed E-state index contributed by atoms with van der Waals surface area (Å²) in [6.07, 6.45) is 3.81. The van der Waals surface area contributed by atoms with E-state index >= 15 is 0 Å². The minimum absolute atomic E-state index is 0.376. The fourth-order valence-corrected chi connectivity index (χ4v) is 3.40. The molecule has 0 bridgehead atoms. The molecule has 2 aromatic heterocycles. The van der Waals surface area contributed by atoms with Crippen molar-refractivity contribution < 1.29 is 4.42 Å². The van der Waals surface area contributed by atoms with Crippen molar-refractivity contribution in [3.05, 3.63) is 47.8 Å². The van der Waals surface area contributed by atoms with Gasteiger partial charge in [0.15, 0.2) is 0 Å². The Hall–Kier alpha value is -2.14. The number of rotatable bonds is 4. The zero-order valence-corrected chi connectivity index (χ0v) is 13.6. The van der Waals surface area contributed by atoms with Crippen LogP contribution < -0.4 is 0 Å². The quantitative estimate of drug-likeness (QED) is 0.803. The number of likely N-dealkylation sites (tertiary alicyclic amines) is 1. The minimum atomic E-state index is 0.376. The minimum Gasteiger partial charge on any atom is -0.425 e. The molecule has 0 saturated carbocycles. The topological polar surface area (TPSA) is 58.0 Å². The molecule has 5 nitrogen and oxygen atoms in total. The Bertz CT molecular complexity index is 804. The van der Waals surface area contributed by atoms with Crippen molar-refractivity contribution in [3.8, 4) is 0 Å². The smallest absolute Gasteiger partial charge is 0.221 e. The summed E-state index contributed by atoms with van der Waals surface area (Å²) in [5.41, 5.74) is 2.34. The van der Waals surface area contributed by atoms with Gasteiger partial charge in [0.25, 0.3) is 0 Å². The Balaban J connectivity index is 1.50. The van der Waals surface area contributed by atoms with Crippen LogP contribution in [-0.4, -0.2) is 39.2 Å². The molecule has 1 aliphatic heterocycles. The van der Waals surface area contributed by atoms with Crippen LogP contribution in [0.15, 0.2) is 34.9 Å². The van der Waals surface area contributed by atoms with Crippen LogP contribution in [0.5, 0.6) is 0 Å². The summed E-state index contributed by atoms with van der Waals surface area (Å²) in [4.78, 5) is 5.76. The number of H-pyrrole nitrogens is 1. The lowest BCUT2D eigenvalue weighted by atomic mass is 10.1. The first kappa shape index (κ1) is 14.5. The average Bonchev–Trinajstić information content (AvgIpc) is 3.26. The van der Waals surface area contributed by atoms with Gasteiger partial charge in [0.05, 0.1) is 12.3 Å². The van der Waals surface area contributed by atoms with E-state index in [0.29, 0.717) is 24.3 Å². The van der Waals surface area contributed by atoms with Gasteiger partial charge in [-0.1, -0.05) is 18.2 Å². The van der Waals surface area contributed by atoms with Crippen molar-refractivity contribution in [1.82, 2.24) is 20.1 Å². The van der Waals surface area contributed by atoms with E-state index in [9.17, 15) is 0 Å². The number of hydrogen-bond acceptors (Lipinski definition) is 4. The van der Waals surface area contributed by atoms with Gasteiger partial charge in [-0.05, 0) is 38.4 Å². The number of aromatic amines is 1. The number of nitrogens with zero attached hydrogens (tertiary/aromatic N) is 3. The number of fused-ring (bicyclic) bond motifs is 1. The van der Waals surface area contributed by atoms with Crippen molar-refractivity contribution in [1.29, 1.82) is 0 Å². The average molecular weight is 310 g/mol. The van der Waals surface area contributed by atoms with E-state index in [1.165, 1.54) is 10.9 Å². The highest BCUT2D eigenvalue weighted by Crippen LogP contribution is 2.28. The molecule has 4 rings (SSSR count). The molecule has 3 aromatic rings. The highest BCUT2D eigenvalue weighted by atomic mass is 16.4. The Morgan fingerprint density at radius 3 is 3.00 bits per heavy atom. The van der Waals surface area contributed by atoms with Crippen LogP contribution in [0.2, 0.25) is 0 Å². The maximum Gasteiger partial charge on any atom is 0.221 e. The molecule has 1 fully saturated rings. The van der Waals surface area contributed by atoms with Gasteiger partial charge in [0, 0.05) is 29.7 Å². The summed E-state index contributed by atoms with van der Waals surface area (Å²) in [6.45, 7) is 6.60. The van der Waals surface area contributed by atoms with Crippen molar-refractivity contribution in [3.63, 3.8) is 0 Å². The van der Waals surface area contributed by atoms with Crippen molar-refractivity contribution in [2.24, 2.45) is 0 Å². The van der Waals surface area contributed by atoms with Crippen molar-refractivity contribution >= 4 is 10.9 Å². The number of hydrogen-bond donors (Lipinski definition) is 1. The molecule has 0 spiro atoms. The third-order valence-electron chi connectivity index (χ3n) is 4.80. The SMILES string of the molecule is CC(C)N1CC[C@H](c2nnc(Cc3c[nH]c4ccccc34)o2)C1. The highest BCUT2D eigenvalue weighted by molar-refractivity contribution is 5.83. The number of aromatic nitrogens is 3. The maximum absolute atomic E-state index is 5.96. The fourth-order valence-electron chi connectivity index (χ4n) is 3.40. The molecule has 120 valence electrons. The molecule has 0 amide bonds. The standard InChI is InChI=1S/C18H22N4O/c1-12(2)22-8-7-13(11-22)18-21-20-17(23-18)9-14-10-19-16-6-4-3-5-15(14)16/h3-6,10,12-13,19H,7-9,11H2,1-2H3/t13-/m0/s1. The predicted octanol–water partition coefficient (Wildman–Crippen LogP) is 3.34. The predicted molar refractivity (Wildman–Crippen MR) is 89.5 cm³/mol. The molecule has 3 heterocycles. The van der Waals surface area contributed by atoms with Crippen molar-refractivity contribution in [2.75, 3.05) is 13.1 Å².